The fourth-order valence-corrected chi connectivity index (χ4v) is 1.85. The van der Waals surface area contributed by atoms with Crippen LogP contribution in [0.15, 0.2) is 0 Å². The first kappa shape index (κ1) is 13.3. The minimum atomic E-state index is -0.471. The predicted octanol–water partition coefficient (Wildman–Crippen LogP) is 0.969. The Labute approximate surface area is 96.9 Å². The Morgan fingerprint density at radius 2 is 2.12 bits per heavy atom. The van der Waals surface area contributed by atoms with Crippen LogP contribution in [-0.4, -0.2) is 48.9 Å². The maximum atomic E-state index is 11.9. The highest BCUT2D eigenvalue weighted by Crippen LogP contribution is 2.20. The Kier molecular flexibility index (Phi) is 4.15. The maximum absolute atomic E-state index is 11.9. The monoisotopic (exact) mass is 230 g/mol. The van der Waals surface area contributed by atoms with Gasteiger partial charge in [0.15, 0.2) is 0 Å². The van der Waals surface area contributed by atoms with Crippen molar-refractivity contribution in [2.45, 2.75) is 44.9 Å². The summed E-state index contributed by atoms with van der Waals surface area (Å²) in [7, 11) is 1.62. The lowest BCUT2D eigenvalue weighted by atomic mass is 10.2. The first-order valence-corrected chi connectivity index (χ1v) is 5.57. The molecule has 5 nitrogen and oxygen atoms in total. The van der Waals surface area contributed by atoms with Gasteiger partial charge in [0, 0.05) is 19.7 Å². The van der Waals surface area contributed by atoms with Crippen LogP contribution in [-0.2, 0) is 9.47 Å². The van der Waals surface area contributed by atoms with Gasteiger partial charge in [-0.15, -0.1) is 0 Å². The SMILES string of the molecule is COC[C@H]1C[C@H](N)CN1C(=O)OC(C)(C)C. The summed E-state index contributed by atoms with van der Waals surface area (Å²) in [6.07, 6.45) is 0.468. The summed E-state index contributed by atoms with van der Waals surface area (Å²) in [4.78, 5) is 13.6. The van der Waals surface area contributed by atoms with Gasteiger partial charge in [0.1, 0.15) is 5.60 Å². The molecule has 0 aliphatic carbocycles. The molecule has 1 amide bonds. The van der Waals surface area contributed by atoms with Crippen LogP contribution in [0.3, 0.4) is 0 Å². The van der Waals surface area contributed by atoms with E-state index in [0.29, 0.717) is 13.2 Å². The predicted molar refractivity (Wildman–Crippen MR) is 61.2 cm³/mol. The van der Waals surface area contributed by atoms with Gasteiger partial charge in [-0.2, -0.15) is 0 Å². The van der Waals surface area contributed by atoms with Gasteiger partial charge in [0.2, 0.25) is 0 Å². The van der Waals surface area contributed by atoms with Crippen molar-refractivity contribution < 1.29 is 14.3 Å². The van der Waals surface area contributed by atoms with Crippen molar-refractivity contribution in [3.63, 3.8) is 0 Å². The van der Waals surface area contributed by atoms with E-state index in [1.54, 1.807) is 12.0 Å². The number of likely N-dealkylation sites (tertiary alicyclic amines) is 1. The summed E-state index contributed by atoms with van der Waals surface area (Å²) >= 11 is 0. The van der Waals surface area contributed by atoms with Crippen LogP contribution >= 0.6 is 0 Å². The highest BCUT2D eigenvalue weighted by atomic mass is 16.6. The minimum Gasteiger partial charge on any atom is -0.444 e. The van der Waals surface area contributed by atoms with Crippen molar-refractivity contribution >= 4 is 6.09 Å². The zero-order valence-electron chi connectivity index (χ0n) is 10.5. The molecule has 1 rings (SSSR count). The quantitative estimate of drug-likeness (QED) is 0.767. The smallest absolute Gasteiger partial charge is 0.410 e. The Hall–Kier alpha value is -0.810. The number of nitrogens with two attached hydrogens (primary N) is 1. The Bertz CT molecular complexity index is 250. The summed E-state index contributed by atoms with van der Waals surface area (Å²) in [6, 6.07) is 0.0579. The average molecular weight is 230 g/mol. The molecule has 0 unspecified atom stereocenters. The van der Waals surface area contributed by atoms with Crippen molar-refractivity contribution in [3.8, 4) is 0 Å². The van der Waals surface area contributed by atoms with E-state index in [2.05, 4.69) is 0 Å². The van der Waals surface area contributed by atoms with Crippen LogP contribution in [0.5, 0.6) is 0 Å². The molecule has 16 heavy (non-hydrogen) atoms. The molecule has 0 saturated carbocycles. The minimum absolute atomic E-state index is 0.0210. The molecule has 0 aromatic rings. The lowest BCUT2D eigenvalue weighted by Crippen LogP contribution is -2.42. The number of methoxy groups -OCH3 is 1. The molecule has 1 saturated heterocycles. The van der Waals surface area contributed by atoms with E-state index < -0.39 is 5.60 Å². The Morgan fingerprint density at radius 3 is 2.62 bits per heavy atom. The van der Waals surface area contributed by atoms with Gasteiger partial charge in [-0.1, -0.05) is 0 Å². The zero-order valence-corrected chi connectivity index (χ0v) is 10.5. The molecule has 1 heterocycles. The molecule has 0 spiro atoms. The molecule has 94 valence electrons. The fraction of sp³-hybridized carbons (Fsp3) is 0.909. The van der Waals surface area contributed by atoms with Gasteiger partial charge in [-0.25, -0.2) is 4.79 Å². The molecule has 5 heteroatoms. The standard InChI is InChI=1S/C11H22N2O3/c1-11(2,3)16-10(14)13-6-8(12)5-9(13)7-15-4/h8-9H,5-7,12H2,1-4H3/t8-,9+/m0/s1. The lowest BCUT2D eigenvalue weighted by molar-refractivity contribution is 0.0147. The van der Waals surface area contributed by atoms with Crippen molar-refractivity contribution in [1.82, 2.24) is 4.90 Å². The molecule has 0 aromatic heterocycles. The van der Waals surface area contributed by atoms with E-state index in [-0.39, 0.29) is 18.2 Å². The number of hydrogen-bond acceptors (Lipinski definition) is 4. The number of nitrogens with zero attached hydrogens (tertiary/aromatic N) is 1. The second-order valence-electron chi connectivity index (χ2n) is 5.24. The molecule has 2 atom stereocenters. The molecular formula is C11H22N2O3. The Balaban J connectivity index is 2.59. The summed E-state index contributed by atoms with van der Waals surface area (Å²) in [5, 5.41) is 0. The first-order valence-electron chi connectivity index (χ1n) is 5.57. The van der Waals surface area contributed by atoms with Gasteiger partial charge >= 0.3 is 6.09 Å². The number of carbonyl (C=O) groups excluding carboxylic acids is 1. The highest BCUT2D eigenvalue weighted by molar-refractivity contribution is 5.69. The third kappa shape index (κ3) is 3.64. The molecule has 1 fully saturated rings. The van der Waals surface area contributed by atoms with E-state index in [4.69, 9.17) is 15.2 Å². The maximum Gasteiger partial charge on any atom is 0.410 e. The van der Waals surface area contributed by atoms with E-state index in [0.717, 1.165) is 6.42 Å². The van der Waals surface area contributed by atoms with Crippen LogP contribution < -0.4 is 5.73 Å². The number of amides is 1. The zero-order chi connectivity index (χ0) is 12.3. The second-order valence-corrected chi connectivity index (χ2v) is 5.24. The van der Waals surface area contributed by atoms with Crippen LogP contribution in [0.2, 0.25) is 0 Å². The number of carbonyl (C=O) groups is 1. The van der Waals surface area contributed by atoms with Gasteiger partial charge in [0.05, 0.1) is 12.6 Å². The van der Waals surface area contributed by atoms with Crippen LogP contribution in [0.25, 0.3) is 0 Å². The van der Waals surface area contributed by atoms with Gasteiger partial charge in [0.25, 0.3) is 0 Å². The van der Waals surface area contributed by atoms with Crippen LogP contribution in [0.4, 0.5) is 4.79 Å². The topological polar surface area (TPSA) is 64.8 Å². The van der Waals surface area contributed by atoms with Gasteiger partial charge in [-0.3, -0.25) is 0 Å². The average Bonchev–Trinajstić information content (AvgIpc) is 2.44. The normalized spacial score (nSPS) is 25.9. The van der Waals surface area contributed by atoms with Crippen molar-refractivity contribution in [1.29, 1.82) is 0 Å². The molecular weight excluding hydrogens is 208 g/mol. The molecule has 1 aliphatic heterocycles. The van der Waals surface area contributed by atoms with Crippen molar-refractivity contribution in [3.05, 3.63) is 0 Å². The third-order valence-corrected chi connectivity index (χ3v) is 2.43. The van der Waals surface area contributed by atoms with Crippen LogP contribution in [0, 0.1) is 0 Å². The molecule has 1 aliphatic rings. The summed E-state index contributed by atoms with van der Waals surface area (Å²) in [5.74, 6) is 0. The van der Waals surface area contributed by atoms with E-state index >= 15 is 0 Å². The second kappa shape index (κ2) is 5.01. The summed E-state index contributed by atoms with van der Waals surface area (Å²) in [5.41, 5.74) is 5.37. The third-order valence-electron chi connectivity index (χ3n) is 2.43. The van der Waals surface area contributed by atoms with E-state index in [1.165, 1.54) is 0 Å². The number of hydrogen-bond donors (Lipinski definition) is 1. The number of rotatable bonds is 2. The van der Waals surface area contributed by atoms with Crippen LogP contribution in [0.1, 0.15) is 27.2 Å². The molecule has 0 radical (unpaired) electrons. The molecule has 0 bridgehead atoms. The van der Waals surface area contributed by atoms with Crippen molar-refractivity contribution in [2.75, 3.05) is 20.3 Å². The van der Waals surface area contributed by atoms with E-state index in [1.807, 2.05) is 20.8 Å². The largest absolute Gasteiger partial charge is 0.444 e. The first-order chi connectivity index (χ1) is 7.33. The molecule has 0 aromatic carbocycles. The summed E-state index contributed by atoms with van der Waals surface area (Å²) < 4.78 is 10.4. The lowest BCUT2D eigenvalue weighted by Gasteiger charge is -2.28. The number of ether oxygens (including phenoxy) is 2. The fourth-order valence-electron chi connectivity index (χ4n) is 1.85. The van der Waals surface area contributed by atoms with Gasteiger partial charge in [-0.05, 0) is 27.2 Å². The van der Waals surface area contributed by atoms with Gasteiger partial charge < -0.3 is 20.1 Å². The highest BCUT2D eigenvalue weighted by Gasteiger charge is 2.35. The van der Waals surface area contributed by atoms with E-state index in [9.17, 15) is 4.79 Å². The van der Waals surface area contributed by atoms with Crippen molar-refractivity contribution in [2.24, 2.45) is 5.73 Å². The Morgan fingerprint density at radius 1 is 1.50 bits per heavy atom. The molecule has 2 N–H and O–H groups in total. The summed E-state index contributed by atoms with van der Waals surface area (Å²) in [6.45, 7) is 6.61.